The van der Waals surface area contributed by atoms with Gasteiger partial charge >= 0.3 is 11.9 Å². The SMILES string of the molecule is COC(=O)C(C)(CCOC(C)C)C(=O)O. The lowest BCUT2D eigenvalue weighted by Gasteiger charge is -2.21. The predicted octanol–water partition coefficient (Wildman–Crippen LogP) is 1.07. The molecule has 0 saturated carbocycles. The number of carbonyl (C=O) groups excluding carboxylic acids is 1. The number of rotatable bonds is 6. The molecule has 0 rings (SSSR count). The molecule has 0 aromatic carbocycles. The molecule has 0 saturated heterocycles. The van der Waals surface area contributed by atoms with Crippen molar-refractivity contribution < 1.29 is 24.2 Å². The van der Waals surface area contributed by atoms with Crippen LogP contribution in [0, 0.1) is 5.41 Å². The van der Waals surface area contributed by atoms with E-state index < -0.39 is 17.4 Å². The van der Waals surface area contributed by atoms with Crippen molar-refractivity contribution in [1.29, 1.82) is 0 Å². The topological polar surface area (TPSA) is 72.8 Å². The monoisotopic (exact) mass is 218 g/mol. The van der Waals surface area contributed by atoms with Crippen LogP contribution in [-0.2, 0) is 19.1 Å². The summed E-state index contributed by atoms with van der Waals surface area (Å²) in [5, 5.41) is 8.94. The summed E-state index contributed by atoms with van der Waals surface area (Å²) in [5.74, 6) is -1.94. The van der Waals surface area contributed by atoms with Crippen molar-refractivity contribution in [3.63, 3.8) is 0 Å². The van der Waals surface area contributed by atoms with E-state index in [1.807, 2.05) is 13.8 Å². The molecule has 0 heterocycles. The summed E-state index contributed by atoms with van der Waals surface area (Å²) in [5.41, 5.74) is -1.52. The number of ether oxygens (including phenoxy) is 2. The molecule has 1 unspecified atom stereocenters. The van der Waals surface area contributed by atoms with Gasteiger partial charge in [0.25, 0.3) is 0 Å². The molecule has 88 valence electrons. The smallest absolute Gasteiger partial charge is 0.323 e. The zero-order valence-electron chi connectivity index (χ0n) is 9.57. The molecule has 0 spiro atoms. The van der Waals surface area contributed by atoms with E-state index in [4.69, 9.17) is 9.84 Å². The van der Waals surface area contributed by atoms with E-state index in [9.17, 15) is 9.59 Å². The molecule has 0 aliphatic heterocycles. The number of carbonyl (C=O) groups is 2. The maximum absolute atomic E-state index is 11.3. The summed E-state index contributed by atoms with van der Waals surface area (Å²) in [4.78, 5) is 22.2. The van der Waals surface area contributed by atoms with Crippen molar-refractivity contribution in [3.8, 4) is 0 Å². The molecule has 0 aromatic rings. The van der Waals surface area contributed by atoms with Gasteiger partial charge in [-0.15, -0.1) is 0 Å². The van der Waals surface area contributed by atoms with Gasteiger partial charge in [0.1, 0.15) is 0 Å². The zero-order chi connectivity index (χ0) is 12.1. The van der Waals surface area contributed by atoms with Crippen molar-refractivity contribution in [1.82, 2.24) is 0 Å². The molecule has 0 aromatic heterocycles. The lowest BCUT2D eigenvalue weighted by atomic mass is 9.87. The summed E-state index contributed by atoms with van der Waals surface area (Å²) in [6.45, 7) is 5.24. The summed E-state index contributed by atoms with van der Waals surface area (Å²) >= 11 is 0. The molecule has 0 bridgehead atoms. The van der Waals surface area contributed by atoms with Gasteiger partial charge in [0, 0.05) is 6.61 Å². The quantitative estimate of drug-likeness (QED) is 0.533. The van der Waals surface area contributed by atoms with Gasteiger partial charge in [0.15, 0.2) is 5.41 Å². The fraction of sp³-hybridized carbons (Fsp3) is 0.800. The van der Waals surface area contributed by atoms with Crippen LogP contribution in [0.4, 0.5) is 0 Å². The molecular formula is C10H18O5. The Morgan fingerprint density at radius 1 is 1.40 bits per heavy atom. The summed E-state index contributed by atoms with van der Waals surface area (Å²) in [6, 6.07) is 0. The normalized spacial score (nSPS) is 14.7. The molecular weight excluding hydrogens is 200 g/mol. The van der Waals surface area contributed by atoms with Crippen molar-refractivity contribution in [2.45, 2.75) is 33.3 Å². The minimum atomic E-state index is -1.52. The van der Waals surface area contributed by atoms with Crippen LogP contribution in [-0.4, -0.2) is 36.9 Å². The second-order valence-corrected chi connectivity index (χ2v) is 3.80. The van der Waals surface area contributed by atoms with Gasteiger partial charge in [-0.2, -0.15) is 0 Å². The maximum atomic E-state index is 11.3. The average Bonchev–Trinajstić information content (AvgIpc) is 2.15. The average molecular weight is 218 g/mol. The first-order valence-corrected chi connectivity index (χ1v) is 4.78. The van der Waals surface area contributed by atoms with E-state index in [1.165, 1.54) is 14.0 Å². The Morgan fingerprint density at radius 3 is 2.27 bits per heavy atom. The summed E-state index contributed by atoms with van der Waals surface area (Å²) in [7, 11) is 1.17. The minimum Gasteiger partial charge on any atom is -0.480 e. The number of methoxy groups -OCH3 is 1. The third kappa shape index (κ3) is 3.87. The molecule has 0 aliphatic rings. The van der Waals surface area contributed by atoms with Gasteiger partial charge in [-0.25, -0.2) is 0 Å². The first kappa shape index (κ1) is 13.9. The van der Waals surface area contributed by atoms with Crippen LogP contribution in [0.1, 0.15) is 27.2 Å². The van der Waals surface area contributed by atoms with Crippen LogP contribution in [0.2, 0.25) is 0 Å². The highest BCUT2D eigenvalue weighted by Crippen LogP contribution is 2.23. The maximum Gasteiger partial charge on any atom is 0.323 e. The van der Waals surface area contributed by atoms with Crippen LogP contribution in [0.15, 0.2) is 0 Å². The minimum absolute atomic E-state index is 0.0145. The van der Waals surface area contributed by atoms with E-state index in [2.05, 4.69) is 4.74 Å². The molecule has 1 atom stereocenters. The van der Waals surface area contributed by atoms with E-state index in [1.54, 1.807) is 0 Å². The van der Waals surface area contributed by atoms with E-state index in [0.29, 0.717) is 0 Å². The molecule has 15 heavy (non-hydrogen) atoms. The number of esters is 1. The standard InChI is InChI=1S/C10H18O5/c1-7(2)15-6-5-10(3,8(11)12)9(13)14-4/h7H,5-6H2,1-4H3,(H,11,12). The Hall–Kier alpha value is -1.10. The fourth-order valence-electron chi connectivity index (χ4n) is 1.02. The van der Waals surface area contributed by atoms with Gasteiger partial charge in [0.2, 0.25) is 0 Å². The number of carboxylic acids is 1. The Balaban J connectivity index is 4.40. The second-order valence-electron chi connectivity index (χ2n) is 3.80. The summed E-state index contributed by atoms with van der Waals surface area (Å²) < 4.78 is 9.67. The highest BCUT2D eigenvalue weighted by atomic mass is 16.5. The number of hydrogen-bond donors (Lipinski definition) is 1. The van der Waals surface area contributed by atoms with E-state index in [0.717, 1.165) is 0 Å². The highest BCUT2D eigenvalue weighted by Gasteiger charge is 2.42. The van der Waals surface area contributed by atoms with Crippen molar-refractivity contribution >= 4 is 11.9 Å². The molecule has 0 radical (unpaired) electrons. The van der Waals surface area contributed by atoms with Crippen molar-refractivity contribution in [3.05, 3.63) is 0 Å². The third-order valence-corrected chi connectivity index (χ3v) is 2.16. The molecule has 1 N–H and O–H groups in total. The largest absolute Gasteiger partial charge is 0.480 e. The van der Waals surface area contributed by atoms with Gasteiger partial charge in [-0.1, -0.05) is 0 Å². The lowest BCUT2D eigenvalue weighted by Crippen LogP contribution is -2.38. The molecule has 0 amide bonds. The van der Waals surface area contributed by atoms with Crippen LogP contribution >= 0.6 is 0 Å². The molecule has 5 heteroatoms. The lowest BCUT2D eigenvalue weighted by molar-refractivity contribution is -0.167. The first-order valence-electron chi connectivity index (χ1n) is 4.78. The summed E-state index contributed by atoms with van der Waals surface area (Å²) in [6.07, 6.45) is 0.119. The van der Waals surface area contributed by atoms with Crippen molar-refractivity contribution in [2.24, 2.45) is 5.41 Å². The third-order valence-electron chi connectivity index (χ3n) is 2.16. The molecule has 0 aliphatic carbocycles. The Bertz CT molecular complexity index is 236. The van der Waals surface area contributed by atoms with Gasteiger partial charge in [-0.3, -0.25) is 9.59 Å². The predicted molar refractivity (Wildman–Crippen MR) is 53.5 cm³/mol. The highest BCUT2D eigenvalue weighted by molar-refractivity contribution is 5.98. The van der Waals surface area contributed by atoms with Crippen molar-refractivity contribution in [2.75, 3.05) is 13.7 Å². The molecule has 5 nitrogen and oxygen atoms in total. The van der Waals surface area contributed by atoms with Crippen LogP contribution in [0.5, 0.6) is 0 Å². The van der Waals surface area contributed by atoms with Crippen LogP contribution < -0.4 is 0 Å². The Kier molecular flexibility index (Phi) is 5.28. The second kappa shape index (κ2) is 5.70. The van der Waals surface area contributed by atoms with Crippen LogP contribution in [0.25, 0.3) is 0 Å². The number of hydrogen-bond acceptors (Lipinski definition) is 4. The number of carboxylic acid groups (broad SMARTS) is 1. The molecule has 0 fully saturated rings. The van der Waals surface area contributed by atoms with Crippen LogP contribution in [0.3, 0.4) is 0 Å². The Morgan fingerprint density at radius 2 is 1.93 bits per heavy atom. The number of aliphatic carboxylic acids is 1. The van der Waals surface area contributed by atoms with Gasteiger partial charge in [0.05, 0.1) is 13.2 Å². The Labute approximate surface area is 89.4 Å². The van der Waals surface area contributed by atoms with Gasteiger partial charge in [-0.05, 0) is 27.2 Å². The zero-order valence-corrected chi connectivity index (χ0v) is 9.57. The van der Waals surface area contributed by atoms with E-state index in [-0.39, 0.29) is 19.1 Å². The van der Waals surface area contributed by atoms with Gasteiger partial charge < -0.3 is 14.6 Å². The first-order chi connectivity index (χ1) is 6.84. The van der Waals surface area contributed by atoms with E-state index >= 15 is 0 Å². The fourth-order valence-corrected chi connectivity index (χ4v) is 1.02.